The molecule has 0 fully saturated rings. The minimum atomic E-state index is -0.142. The lowest BCUT2D eigenvalue weighted by molar-refractivity contribution is 0.584. The van der Waals surface area contributed by atoms with Crippen molar-refractivity contribution in [3.8, 4) is 0 Å². The Hall–Kier alpha value is -1.42. The normalized spacial score (nSPS) is 10.6. The Balaban J connectivity index is 2.69. The highest BCUT2D eigenvalue weighted by Crippen LogP contribution is 2.02. The molecule has 1 aromatic carbocycles. The van der Waals surface area contributed by atoms with E-state index in [2.05, 4.69) is 10.3 Å². The Morgan fingerprint density at radius 2 is 2.14 bits per heavy atom. The van der Waals surface area contributed by atoms with Crippen molar-refractivity contribution in [1.29, 1.82) is 0 Å². The van der Waals surface area contributed by atoms with Gasteiger partial charge < -0.3 is 0 Å². The zero-order valence-corrected chi connectivity index (χ0v) is 8.11. The molecule has 0 spiro atoms. The van der Waals surface area contributed by atoms with Crippen LogP contribution in [-0.4, -0.2) is 20.9 Å². The second kappa shape index (κ2) is 3.75. The van der Waals surface area contributed by atoms with E-state index >= 15 is 0 Å². The molecule has 0 atom stereocenters. The van der Waals surface area contributed by atoms with Gasteiger partial charge in [-0.15, -0.1) is 16.7 Å². The fourth-order valence-corrected chi connectivity index (χ4v) is 1.41. The maximum absolute atomic E-state index is 11.7. The standard InChI is InChI=1S/C9H8ClN3O/c10-5-6-13-9(14)7-3-1-2-4-8(7)11-12-13/h1-4H,5-6H2. The molecule has 0 aliphatic carbocycles. The zero-order chi connectivity index (χ0) is 9.97. The number of alkyl halides is 1. The molecule has 72 valence electrons. The molecular weight excluding hydrogens is 202 g/mol. The van der Waals surface area contributed by atoms with Crippen LogP contribution in [-0.2, 0) is 6.54 Å². The molecule has 0 aliphatic rings. The second-order valence-electron chi connectivity index (χ2n) is 2.82. The summed E-state index contributed by atoms with van der Waals surface area (Å²) in [4.78, 5) is 11.7. The SMILES string of the molecule is O=c1c2ccccc2nnn1CCCl. The van der Waals surface area contributed by atoms with Gasteiger partial charge in [0.25, 0.3) is 5.56 Å². The van der Waals surface area contributed by atoms with Crippen molar-refractivity contribution < 1.29 is 0 Å². The largest absolute Gasteiger partial charge is 0.277 e. The summed E-state index contributed by atoms with van der Waals surface area (Å²) in [5.74, 6) is 0.354. The van der Waals surface area contributed by atoms with Gasteiger partial charge >= 0.3 is 0 Å². The highest BCUT2D eigenvalue weighted by molar-refractivity contribution is 6.17. The van der Waals surface area contributed by atoms with Gasteiger partial charge in [0, 0.05) is 5.88 Å². The van der Waals surface area contributed by atoms with Crippen molar-refractivity contribution in [2.24, 2.45) is 0 Å². The molecule has 2 aromatic rings. The highest BCUT2D eigenvalue weighted by atomic mass is 35.5. The van der Waals surface area contributed by atoms with E-state index in [0.717, 1.165) is 0 Å². The van der Waals surface area contributed by atoms with Crippen LogP contribution in [0.1, 0.15) is 0 Å². The van der Waals surface area contributed by atoms with Gasteiger partial charge in [-0.05, 0) is 12.1 Å². The van der Waals surface area contributed by atoms with Crippen molar-refractivity contribution in [3.05, 3.63) is 34.6 Å². The molecule has 1 aromatic heterocycles. The number of rotatable bonds is 2. The fraction of sp³-hybridized carbons (Fsp3) is 0.222. The average molecular weight is 210 g/mol. The van der Waals surface area contributed by atoms with E-state index < -0.39 is 0 Å². The molecule has 5 heteroatoms. The highest BCUT2D eigenvalue weighted by Gasteiger charge is 2.03. The van der Waals surface area contributed by atoms with Crippen LogP contribution < -0.4 is 5.56 Å². The lowest BCUT2D eigenvalue weighted by Gasteiger charge is -2.01. The average Bonchev–Trinajstić information content (AvgIpc) is 2.23. The van der Waals surface area contributed by atoms with Crippen LogP contribution in [0.5, 0.6) is 0 Å². The Bertz CT molecular complexity index is 509. The van der Waals surface area contributed by atoms with Crippen LogP contribution in [0.2, 0.25) is 0 Å². The summed E-state index contributed by atoms with van der Waals surface area (Å²) in [6, 6.07) is 7.12. The van der Waals surface area contributed by atoms with E-state index in [1.165, 1.54) is 4.68 Å². The topological polar surface area (TPSA) is 47.8 Å². The number of aromatic nitrogens is 3. The maximum Gasteiger partial charge on any atom is 0.277 e. The first-order valence-electron chi connectivity index (χ1n) is 4.21. The number of hydrogen-bond acceptors (Lipinski definition) is 3. The molecule has 1 heterocycles. The van der Waals surface area contributed by atoms with E-state index in [4.69, 9.17) is 11.6 Å². The summed E-state index contributed by atoms with van der Waals surface area (Å²) in [5, 5.41) is 8.26. The molecule has 0 N–H and O–H groups in total. The van der Waals surface area contributed by atoms with E-state index in [1.54, 1.807) is 18.2 Å². The number of hydrogen-bond donors (Lipinski definition) is 0. The number of aryl methyl sites for hydroxylation is 1. The maximum atomic E-state index is 11.7. The molecule has 0 bridgehead atoms. The first kappa shape index (κ1) is 9.15. The van der Waals surface area contributed by atoms with Gasteiger partial charge in [0.2, 0.25) is 0 Å². The van der Waals surface area contributed by atoms with Gasteiger partial charge in [-0.3, -0.25) is 4.79 Å². The number of benzene rings is 1. The Morgan fingerprint density at radius 1 is 1.36 bits per heavy atom. The molecule has 0 saturated carbocycles. The quantitative estimate of drug-likeness (QED) is 0.695. The Kier molecular flexibility index (Phi) is 2.45. The third kappa shape index (κ3) is 1.48. The molecule has 0 unspecified atom stereocenters. The van der Waals surface area contributed by atoms with Gasteiger partial charge in [0.15, 0.2) is 0 Å². The molecule has 0 amide bonds. The molecule has 4 nitrogen and oxygen atoms in total. The smallest absolute Gasteiger partial charge is 0.267 e. The van der Waals surface area contributed by atoms with Gasteiger partial charge in [-0.25, -0.2) is 4.68 Å². The summed E-state index contributed by atoms with van der Waals surface area (Å²) in [6.07, 6.45) is 0. The number of halogens is 1. The van der Waals surface area contributed by atoms with Crippen LogP contribution in [0.4, 0.5) is 0 Å². The summed E-state index contributed by atoms with van der Waals surface area (Å²) in [7, 11) is 0. The second-order valence-corrected chi connectivity index (χ2v) is 3.20. The van der Waals surface area contributed by atoms with E-state index in [-0.39, 0.29) is 5.56 Å². The minimum Gasteiger partial charge on any atom is -0.267 e. The first-order valence-corrected chi connectivity index (χ1v) is 4.75. The van der Waals surface area contributed by atoms with Crippen LogP contribution in [0.25, 0.3) is 10.9 Å². The minimum absolute atomic E-state index is 0.142. The number of nitrogens with zero attached hydrogens (tertiary/aromatic N) is 3. The van der Waals surface area contributed by atoms with Crippen molar-refractivity contribution in [2.75, 3.05) is 5.88 Å². The van der Waals surface area contributed by atoms with Crippen LogP contribution in [0.3, 0.4) is 0 Å². The number of fused-ring (bicyclic) bond motifs is 1. The Morgan fingerprint density at radius 3 is 2.93 bits per heavy atom. The molecule has 2 rings (SSSR count). The van der Waals surface area contributed by atoms with Gasteiger partial charge in [0.1, 0.15) is 5.52 Å². The van der Waals surface area contributed by atoms with E-state index in [9.17, 15) is 4.79 Å². The predicted octanol–water partition coefficient (Wildman–Crippen LogP) is 1.03. The monoisotopic (exact) mass is 209 g/mol. The summed E-state index contributed by atoms with van der Waals surface area (Å²) in [5.41, 5.74) is 0.472. The summed E-state index contributed by atoms with van der Waals surface area (Å²) < 4.78 is 1.27. The van der Waals surface area contributed by atoms with Crippen LogP contribution >= 0.6 is 11.6 Å². The van der Waals surface area contributed by atoms with Gasteiger partial charge in [0.05, 0.1) is 11.9 Å². The van der Waals surface area contributed by atoms with Crippen LogP contribution in [0, 0.1) is 0 Å². The summed E-state index contributed by atoms with van der Waals surface area (Å²) in [6.45, 7) is 0.387. The lowest BCUT2D eigenvalue weighted by atomic mass is 10.2. The van der Waals surface area contributed by atoms with Gasteiger partial charge in [-0.2, -0.15) is 0 Å². The third-order valence-corrected chi connectivity index (χ3v) is 2.09. The molecule has 14 heavy (non-hydrogen) atoms. The molecule has 0 radical (unpaired) electrons. The van der Waals surface area contributed by atoms with Gasteiger partial charge in [-0.1, -0.05) is 17.3 Å². The molecular formula is C9H8ClN3O. The van der Waals surface area contributed by atoms with E-state index in [1.807, 2.05) is 6.07 Å². The first-order chi connectivity index (χ1) is 6.83. The van der Waals surface area contributed by atoms with Crippen molar-refractivity contribution in [2.45, 2.75) is 6.54 Å². The summed E-state index contributed by atoms with van der Waals surface area (Å²) >= 11 is 5.53. The van der Waals surface area contributed by atoms with E-state index in [0.29, 0.717) is 23.3 Å². The Labute approximate surface area is 85.1 Å². The molecule has 0 aliphatic heterocycles. The van der Waals surface area contributed by atoms with Crippen LogP contribution in [0.15, 0.2) is 29.1 Å². The van der Waals surface area contributed by atoms with Crippen molar-refractivity contribution in [1.82, 2.24) is 15.0 Å². The fourth-order valence-electron chi connectivity index (χ4n) is 1.25. The predicted molar refractivity (Wildman–Crippen MR) is 54.5 cm³/mol. The van der Waals surface area contributed by atoms with Crippen molar-refractivity contribution in [3.63, 3.8) is 0 Å². The molecule has 0 saturated heterocycles. The zero-order valence-electron chi connectivity index (χ0n) is 7.35. The lowest BCUT2D eigenvalue weighted by Crippen LogP contribution is -2.24. The van der Waals surface area contributed by atoms with Crippen molar-refractivity contribution >= 4 is 22.5 Å². The third-order valence-electron chi connectivity index (χ3n) is 1.93.